The van der Waals surface area contributed by atoms with E-state index in [9.17, 15) is 22.8 Å². The number of halogens is 3. The highest BCUT2D eigenvalue weighted by Crippen LogP contribution is 2.20. The topological polar surface area (TPSA) is 82.3 Å². The lowest BCUT2D eigenvalue weighted by Gasteiger charge is -2.30. The highest BCUT2D eigenvalue weighted by Gasteiger charge is 2.26. The Balaban J connectivity index is 1.30. The van der Waals surface area contributed by atoms with Crippen molar-refractivity contribution >= 4 is 5.91 Å². The van der Waals surface area contributed by atoms with Crippen molar-refractivity contribution in [1.29, 1.82) is 0 Å². The van der Waals surface area contributed by atoms with Crippen LogP contribution in [0.1, 0.15) is 27.3 Å². The Morgan fingerprint density at radius 1 is 1.03 bits per heavy atom. The van der Waals surface area contributed by atoms with Gasteiger partial charge in [-0.05, 0) is 36.8 Å². The van der Waals surface area contributed by atoms with Crippen molar-refractivity contribution in [3.05, 3.63) is 105 Å². The van der Waals surface area contributed by atoms with Crippen molar-refractivity contribution in [2.45, 2.75) is 26.6 Å². The van der Waals surface area contributed by atoms with Crippen LogP contribution >= 0.6 is 0 Å². The fourth-order valence-electron chi connectivity index (χ4n) is 4.07. The number of amides is 1. The summed E-state index contributed by atoms with van der Waals surface area (Å²) >= 11 is 0. The summed E-state index contributed by atoms with van der Waals surface area (Å²) in [5.74, 6) is -3.59. The lowest BCUT2D eigenvalue weighted by atomic mass is 10.2. The molecule has 0 unspecified atom stereocenters. The molecule has 4 heterocycles. The molecule has 1 aliphatic rings. The normalized spacial score (nSPS) is 13.1. The molecule has 4 aromatic rings. The number of hydrogen-bond acceptors (Lipinski definition) is 5. The maximum absolute atomic E-state index is 13.9. The van der Waals surface area contributed by atoms with E-state index in [1.807, 2.05) is 6.92 Å². The van der Waals surface area contributed by atoms with Crippen LogP contribution in [0, 0.1) is 24.4 Å². The standard InChI is InChI=1S/C25H20F3N5O3/c1-15-11-32(14-30-15)20-2-3-21-24(34)31(6-7-33(21)25(20)35)12-16-4-5-29-22(8-16)36-13-17-9-18(26)10-19(27)23(17)28/h2-5,8-11,14H,6-7,12-13H2,1H3. The molecule has 3 aromatic heterocycles. The molecule has 0 spiro atoms. The summed E-state index contributed by atoms with van der Waals surface area (Å²) in [6.45, 7) is 2.25. The number of fused-ring (bicyclic) bond motifs is 1. The van der Waals surface area contributed by atoms with Crippen molar-refractivity contribution in [2.75, 3.05) is 6.54 Å². The first-order valence-corrected chi connectivity index (χ1v) is 11.1. The summed E-state index contributed by atoms with van der Waals surface area (Å²) < 4.78 is 49.2. The summed E-state index contributed by atoms with van der Waals surface area (Å²) in [5.41, 5.74) is 1.58. The highest BCUT2D eigenvalue weighted by atomic mass is 19.2. The first kappa shape index (κ1) is 23.3. The van der Waals surface area contributed by atoms with Crippen molar-refractivity contribution in [1.82, 2.24) is 24.0 Å². The Labute approximate surface area is 203 Å². The van der Waals surface area contributed by atoms with E-state index in [0.29, 0.717) is 30.4 Å². The van der Waals surface area contributed by atoms with Crippen LogP contribution in [0.2, 0.25) is 0 Å². The quantitative estimate of drug-likeness (QED) is 0.383. The van der Waals surface area contributed by atoms with Crippen molar-refractivity contribution < 1.29 is 22.7 Å². The van der Waals surface area contributed by atoms with Gasteiger partial charge in [0, 0.05) is 49.7 Å². The summed E-state index contributed by atoms with van der Waals surface area (Å²) in [7, 11) is 0. The van der Waals surface area contributed by atoms with Crippen LogP contribution in [0.4, 0.5) is 13.2 Å². The van der Waals surface area contributed by atoms with Crippen molar-refractivity contribution in [2.24, 2.45) is 0 Å². The van der Waals surface area contributed by atoms with E-state index in [2.05, 4.69) is 9.97 Å². The van der Waals surface area contributed by atoms with Gasteiger partial charge in [0.25, 0.3) is 11.5 Å². The van der Waals surface area contributed by atoms with Gasteiger partial charge < -0.3 is 18.8 Å². The predicted molar refractivity (Wildman–Crippen MR) is 122 cm³/mol. The van der Waals surface area contributed by atoms with Gasteiger partial charge in [-0.15, -0.1) is 0 Å². The average molecular weight is 495 g/mol. The van der Waals surface area contributed by atoms with Crippen LogP contribution in [-0.4, -0.2) is 36.5 Å². The van der Waals surface area contributed by atoms with Gasteiger partial charge in [0.05, 0.1) is 12.0 Å². The zero-order valence-electron chi connectivity index (χ0n) is 19.1. The van der Waals surface area contributed by atoms with Gasteiger partial charge >= 0.3 is 0 Å². The molecule has 184 valence electrons. The van der Waals surface area contributed by atoms with Gasteiger partial charge in [-0.25, -0.2) is 23.1 Å². The molecule has 0 atom stereocenters. The lowest BCUT2D eigenvalue weighted by Crippen LogP contribution is -2.44. The van der Waals surface area contributed by atoms with Crippen molar-refractivity contribution in [3.8, 4) is 11.6 Å². The molecule has 8 nitrogen and oxygen atoms in total. The number of imidazole rings is 1. The Hall–Kier alpha value is -4.41. The van der Waals surface area contributed by atoms with Gasteiger partial charge in [0.15, 0.2) is 11.6 Å². The number of benzene rings is 1. The van der Waals surface area contributed by atoms with Crippen LogP contribution in [0.3, 0.4) is 0 Å². The maximum atomic E-state index is 13.9. The fourth-order valence-corrected chi connectivity index (χ4v) is 4.07. The van der Waals surface area contributed by atoms with E-state index in [4.69, 9.17) is 4.74 Å². The second-order valence-corrected chi connectivity index (χ2v) is 8.36. The smallest absolute Gasteiger partial charge is 0.275 e. The molecule has 5 rings (SSSR count). The SMILES string of the molecule is Cc1cn(-c2ccc3n(c2=O)CCN(Cc2ccnc(OCc4cc(F)cc(F)c4F)c2)C3=O)cn1. The number of ether oxygens (including phenoxy) is 1. The third-order valence-electron chi connectivity index (χ3n) is 5.86. The molecule has 0 aliphatic carbocycles. The molecular formula is C25H20F3N5O3. The lowest BCUT2D eigenvalue weighted by molar-refractivity contribution is 0.0686. The third-order valence-corrected chi connectivity index (χ3v) is 5.86. The van der Waals surface area contributed by atoms with E-state index < -0.39 is 24.1 Å². The molecule has 0 bridgehead atoms. The molecule has 0 radical (unpaired) electrons. The van der Waals surface area contributed by atoms with Crippen LogP contribution < -0.4 is 10.3 Å². The number of rotatable bonds is 6. The number of hydrogen-bond donors (Lipinski definition) is 0. The zero-order valence-corrected chi connectivity index (χ0v) is 19.1. The average Bonchev–Trinajstić information content (AvgIpc) is 3.28. The van der Waals surface area contributed by atoms with Crippen LogP contribution in [0.15, 0.2) is 59.9 Å². The molecule has 1 aromatic carbocycles. The fraction of sp³-hybridized carbons (Fsp3) is 0.200. The second-order valence-electron chi connectivity index (χ2n) is 8.36. The number of aryl methyl sites for hydroxylation is 1. The molecule has 1 amide bonds. The van der Waals surface area contributed by atoms with E-state index in [0.717, 1.165) is 11.8 Å². The molecule has 0 saturated carbocycles. The van der Waals surface area contributed by atoms with E-state index in [-0.39, 0.29) is 35.1 Å². The second kappa shape index (κ2) is 9.33. The number of carbonyl (C=O) groups excluding carboxylic acids is 1. The molecule has 1 aliphatic heterocycles. The largest absolute Gasteiger partial charge is 0.473 e. The number of pyridine rings is 2. The summed E-state index contributed by atoms with van der Waals surface area (Å²) in [5, 5.41) is 0. The van der Waals surface area contributed by atoms with Gasteiger partial charge in [0.1, 0.15) is 23.8 Å². The molecule has 0 N–H and O–H groups in total. The van der Waals surface area contributed by atoms with Gasteiger partial charge in [-0.3, -0.25) is 9.59 Å². The molecule has 0 saturated heterocycles. The maximum Gasteiger partial charge on any atom is 0.275 e. The van der Waals surface area contributed by atoms with E-state index in [1.54, 1.807) is 46.3 Å². The zero-order chi connectivity index (χ0) is 25.4. The van der Waals surface area contributed by atoms with Gasteiger partial charge in [0.2, 0.25) is 5.88 Å². The minimum absolute atomic E-state index is 0.109. The van der Waals surface area contributed by atoms with Crippen LogP contribution in [0.5, 0.6) is 5.88 Å². The minimum Gasteiger partial charge on any atom is -0.473 e. The molecule has 0 fully saturated rings. The molecule has 11 heteroatoms. The van der Waals surface area contributed by atoms with Gasteiger partial charge in [-0.1, -0.05) is 0 Å². The number of carbonyl (C=O) groups is 1. The summed E-state index contributed by atoms with van der Waals surface area (Å²) in [6, 6.07) is 7.78. The van der Waals surface area contributed by atoms with E-state index in [1.165, 1.54) is 10.8 Å². The Kier molecular flexibility index (Phi) is 6.05. The third kappa shape index (κ3) is 4.47. The summed E-state index contributed by atoms with van der Waals surface area (Å²) in [6.07, 6.45) is 4.75. The minimum atomic E-state index is -1.30. The van der Waals surface area contributed by atoms with E-state index >= 15 is 0 Å². The first-order valence-electron chi connectivity index (χ1n) is 11.1. The predicted octanol–water partition coefficient (Wildman–Crippen LogP) is 3.39. The number of aromatic nitrogens is 4. The van der Waals surface area contributed by atoms with Crippen molar-refractivity contribution in [3.63, 3.8) is 0 Å². The molecule has 36 heavy (non-hydrogen) atoms. The Morgan fingerprint density at radius 2 is 1.86 bits per heavy atom. The summed E-state index contributed by atoms with van der Waals surface area (Å²) in [4.78, 5) is 35.9. The highest BCUT2D eigenvalue weighted by molar-refractivity contribution is 5.93. The van der Waals surface area contributed by atoms with Gasteiger partial charge in [-0.2, -0.15) is 0 Å². The Morgan fingerprint density at radius 3 is 2.64 bits per heavy atom. The van der Waals surface area contributed by atoms with Crippen LogP contribution in [0.25, 0.3) is 5.69 Å². The first-order chi connectivity index (χ1) is 17.3. The molecular weight excluding hydrogens is 475 g/mol. The number of nitrogens with zero attached hydrogens (tertiary/aromatic N) is 5. The monoisotopic (exact) mass is 495 g/mol. The van der Waals surface area contributed by atoms with Crippen LogP contribution in [-0.2, 0) is 19.7 Å². The Bertz CT molecular complexity index is 1530.